The molecule has 0 bridgehead atoms. The van der Waals surface area contributed by atoms with E-state index in [4.69, 9.17) is 10.9 Å². The summed E-state index contributed by atoms with van der Waals surface area (Å²) in [6, 6.07) is 8.43. The number of halogens is 1. The molecule has 0 spiro atoms. The van der Waals surface area contributed by atoms with Crippen LogP contribution >= 0.6 is 0 Å². The molecule has 0 saturated heterocycles. The smallest absolute Gasteiger partial charge is 0.238 e. The van der Waals surface area contributed by atoms with Crippen LogP contribution in [0.3, 0.4) is 0 Å². The van der Waals surface area contributed by atoms with Gasteiger partial charge in [0.05, 0.1) is 16.3 Å². The topological polar surface area (TPSA) is 98.2 Å². The van der Waals surface area contributed by atoms with Gasteiger partial charge in [0.25, 0.3) is 0 Å². The molecular weight excluding hydrogens is 281 g/mol. The molecule has 20 heavy (non-hydrogen) atoms. The quantitative estimate of drug-likeness (QED) is 0.755. The summed E-state index contributed by atoms with van der Waals surface area (Å²) in [7, 11) is -3.82. The molecule has 0 unspecified atom stereocenters. The van der Waals surface area contributed by atoms with Gasteiger partial charge in [-0.2, -0.15) is 0 Å². The first-order valence-corrected chi connectivity index (χ1v) is 7.27. The predicted octanol–water partition coefficient (Wildman–Crippen LogP) is 2.11. The van der Waals surface area contributed by atoms with Crippen molar-refractivity contribution < 1.29 is 12.8 Å². The third-order valence-corrected chi connectivity index (χ3v) is 3.59. The summed E-state index contributed by atoms with van der Waals surface area (Å²) in [5, 5.41) is 7.94. The number of sulfonamides is 1. The van der Waals surface area contributed by atoms with E-state index in [0.717, 1.165) is 5.56 Å². The molecule has 5 N–H and O–H groups in total. The standard InChI is InChI=1S/C13H14FN3O2S/c1-8-4-9(14)6-10(5-8)17-13-7-11(20(16,18)19)2-3-12(13)15/h2-7,17H,15H2,1H3,(H2,16,18,19). The van der Waals surface area contributed by atoms with Crippen LogP contribution in [-0.2, 0) is 10.0 Å². The zero-order chi connectivity index (χ0) is 14.9. The van der Waals surface area contributed by atoms with E-state index >= 15 is 0 Å². The number of rotatable bonds is 3. The number of hydrogen-bond donors (Lipinski definition) is 3. The van der Waals surface area contributed by atoms with Crippen molar-refractivity contribution in [3.8, 4) is 0 Å². The van der Waals surface area contributed by atoms with E-state index in [1.165, 1.54) is 30.3 Å². The van der Waals surface area contributed by atoms with Crippen LogP contribution in [0.2, 0.25) is 0 Å². The van der Waals surface area contributed by atoms with E-state index in [1.54, 1.807) is 13.0 Å². The molecule has 0 aromatic heterocycles. The van der Waals surface area contributed by atoms with Crippen molar-refractivity contribution in [1.29, 1.82) is 0 Å². The van der Waals surface area contributed by atoms with Crippen molar-refractivity contribution in [2.45, 2.75) is 11.8 Å². The lowest BCUT2D eigenvalue weighted by Crippen LogP contribution is -2.12. The summed E-state index contributed by atoms with van der Waals surface area (Å²) in [5.74, 6) is -0.395. The second kappa shape index (κ2) is 5.10. The van der Waals surface area contributed by atoms with Gasteiger partial charge in [-0.05, 0) is 48.9 Å². The third kappa shape index (κ3) is 3.25. The van der Waals surface area contributed by atoms with Crippen molar-refractivity contribution in [3.63, 3.8) is 0 Å². The summed E-state index contributed by atoms with van der Waals surface area (Å²) >= 11 is 0. The summed E-state index contributed by atoms with van der Waals surface area (Å²) in [6.45, 7) is 1.75. The molecule has 5 nitrogen and oxygen atoms in total. The Hall–Kier alpha value is -2.12. The Balaban J connectivity index is 2.42. The minimum atomic E-state index is -3.82. The zero-order valence-corrected chi connectivity index (χ0v) is 11.5. The summed E-state index contributed by atoms with van der Waals surface area (Å²) in [4.78, 5) is -0.0673. The maximum Gasteiger partial charge on any atom is 0.238 e. The first-order chi connectivity index (χ1) is 9.25. The lowest BCUT2D eigenvalue weighted by Gasteiger charge is -2.11. The molecule has 2 aromatic carbocycles. The Morgan fingerprint density at radius 3 is 2.45 bits per heavy atom. The minimum Gasteiger partial charge on any atom is -0.397 e. The average Bonchev–Trinajstić information content (AvgIpc) is 2.29. The van der Waals surface area contributed by atoms with Crippen LogP contribution in [0.15, 0.2) is 41.3 Å². The molecular formula is C13H14FN3O2S. The van der Waals surface area contributed by atoms with Gasteiger partial charge < -0.3 is 11.1 Å². The largest absolute Gasteiger partial charge is 0.397 e. The van der Waals surface area contributed by atoms with Gasteiger partial charge in [0.1, 0.15) is 5.82 Å². The van der Waals surface area contributed by atoms with Crippen LogP contribution in [0.25, 0.3) is 0 Å². The number of nitrogens with two attached hydrogens (primary N) is 2. The number of benzene rings is 2. The molecule has 0 atom stereocenters. The second-order valence-electron chi connectivity index (χ2n) is 4.44. The molecule has 0 heterocycles. The van der Waals surface area contributed by atoms with Gasteiger partial charge in [0.2, 0.25) is 10.0 Å². The summed E-state index contributed by atoms with van der Waals surface area (Å²) < 4.78 is 35.9. The molecule has 0 aliphatic carbocycles. The minimum absolute atomic E-state index is 0.0673. The van der Waals surface area contributed by atoms with Crippen molar-refractivity contribution in [1.82, 2.24) is 0 Å². The zero-order valence-electron chi connectivity index (χ0n) is 10.7. The highest BCUT2D eigenvalue weighted by atomic mass is 32.2. The number of primary sulfonamides is 1. The van der Waals surface area contributed by atoms with Crippen LogP contribution in [0.5, 0.6) is 0 Å². The van der Waals surface area contributed by atoms with Crippen LogP contribution in [0.4, 0.5) is 21.5 Å². The lowest BCUT2D eigenvalue weighted by molar-refractivity contribution is 0.598. The predicted molar refractivity (Wildman–Crippen MR) is 76.6 cm³/mol. The first-order valence-electron chi connectivity index (χ1n) is 5.72. The van der Waals surface area contributed by atoms with Gasteiger partial charge in [-0.1, -0.05) is 0 Å². The van der Waals surface area contributed by atoms with Gasteiger partial charge in [0.15, 0.2) is 0 Å². The maximum atomic E-state index is 13.3. The van der Waals surface area contributed by atoms with E-state index in [0.29, 0.717) is 17.1 Å². The van der Waals surface area contributed by atoms with Gasteiger partial charge >= 0.3 is 0 Å². The van der Waals surface area contributed by atoms with E-state index < -0.39 is 15.8 Å². The van der Waals surface area contributed by atoms with Gasteiger partial charge in [-0.15, -0.1) is 0 Å². The highest BCUT2D eigenvalue weighted by molar-refractivity contribution is 7.89. The fraction of sp³-hybridized carbons (Fsp3) is 0.0769. The number of aryl methyl sites for hydroxylation is 1. The van der Waals surface area contributed by atoms with E-state index in [1.807, 2.05) is 0 Å². The number of nitrogen functional groups attached to an aromatic ring is 1. The highest BCUT2D eigenvalue weighted by Crippen LogP contribution is 2.26. The van der Waals surface area contributed by atoms with Gasteiger partial charge in [-0.3, -0.25) is 0 Å². The second-order valence-corrected chi connectivity index (χ2v) is 6.00. The molecule has 0 aliphatic heterocycles. The number of anilines is 3. The lowest BCUT2D eigenvalue weighted by atomic mass is 10.2. The molecule has 2 rings (SSSR count). The van der Waals surface area contributed by atoms with Crippen molar-refractivity contribution in [2.75, 3.05) is 11.1 Å². The van der Waals surface area contributed by atoms with Crippen LogP contribution in [0, 0.1) is 12.7 Å². The van der Waals surface area contributed by atoms with Gasteiger partial charge in [0, 0.05) is 5.69 Å². The van der Waals surface area contributed by atoms with E-state index in [9.17, 15) is 12.8 Å². The molecule has 7 heteroatoms. The number of nitrogens with one attached hydrogen (secondary N) is 1. The average molecular weight is 295 g/mol. The Labute approximate surface area is 116 Å². The van der Waals surface area contributed by atoms with Crippen molar-refractivity contribution in [2.24, 2.45) is 5.14 Å². The maximum absolute atomic E-state index is 13.3. The fourth-order valence-corrected chi connectivity index (χ4v) is 2.32. The molecule has 0 radical (unpaired) electrons. The third-order valence-electron chi connectivity index (χ3n) is 2.67. The molecule has 2 aromatic rings. The number of hydrogen-bond acceptors (Lipinski definition) is 4. The monoisotopic (exact) mass is 295 g/mol. The van der Waals surface area contributed by atoms with Crippen LogP contribution in [0.1, 0.15) is 5.56 Å². The summed E-state index contributed by atoms with van der Waals surface area (Å²) in [6.07, 6.45) is 0. The Kier molecular flexibility index (Phi) is 3.65. The van der Waals surface area contributed by atoms with Crippen LogP contribution < -0.4 is 16.2 Å². The Morgan fingerprint density at radius 1 is 1.15 bits per heavy atom. The fourth-order valence-electron chi connectivity index (χ4n) is 1.78. The van der Waals surface area contributed by atoms with Gasteiger partial charge in [-0.25, -0.2) is 17.9 Å². The molecule has 0 fully saturated rings. The first kappa shape index (κ1) is 14.3. The Bertz CT molecular complexity index is 740. The molecule has 0 amide bonds. The van der Waals surface area contributed by atoms with E-state index in [-0.39, 0.29) is 4.90 Å². The molecule has 0 aliphatic rings. The van der Waals surface area contributed by atoms with Crippen molar-refractivity contribution >= 4 is 27.1 Å². The van der Waals surface area contributed by atoms with Crippen molar-refractivity contribution in [3.05, 3.63) is 47.8 Å². The van der Waals surface area contributed by atoms with E-state index in [2.05, 4.69) is 5.32 Å². The Morgan fingerprint density at radius 2 is 1.85 bits per heavy atom. The molecule has 0 saturated carbocycles. The normalized spacial score (nSPS) is 11.3. The molecule has 106 valence electrons. The SMILES string of the molecule is Cc1cc(F)cc(Nc2cc(S(N)(=O)=O)ccc2N)c1. The summed E-state index contributed by atoms with van der Waals surface area (Å²) in [5.41, 5.74) is 7.65. The highest BCUT2D eigenvalue weighted by Gasteiger charge is 2.11. The van der Waals surface area contributed by atoms with Crippen LogP contribution in [-0.4, -0.2) is 8.42 Å².